The molecule has 23 heavy (non-hydrogen) atoms. The fourth-order valence-electron chi connectivity index (χ4n) is 2.34. The van der Waals surface area contributed by atoms with Crippen molar-refractivity contribution in [2.24, 2.45) is 0 Å². The van der Waals surface area contributed by atoms with Crippen LogP contribution in [0.2, 0.25) is 0 Å². The van der Waals surface area contributed by atoms with Gasteiger partial charge < -0.3 is 35.2 Å². The van der Waals surface area contributed by atoms with E-state index < -0.39 is 30.7 Å². The summed E-state index contributed by atoms with van der Waals surface area (Å²) in [5.41, 5.74) is 0. The molecule has 0 aromatic carbocycles. The van der Waals surface area contributed by atoms with Crippen LogP contribution in [0.4, 0.5) is 0 Å². The number of aliphatic hydroxyl groups is 4. The molecule has 1 fully saturated rings. The van der Waals surface area contributed by atoms with Gasteiger partial charge in [-0.3, -0.25) is 4.79 Å². The molecule has 0 aliphatic carbocycles. The first-order valence-corrected chi connectivity index (χ1v) is 8.19. The Morgan fingerprint density at radius 3 is 2.43 bits per heavy atom. The summed E-state index contributed by atoms with van der Waals surface area (Å²) >= 11 is 0. The average molecular weight is 335 g/mol. The van der Waals surface area contributed by atoms with Gasteiger partial charge in [0.05, 0.1) is 6.61 Å². The molecule has 0 aromatic rings. The Hall–Kier alpha value is -0.770. The molecule has 1 aliphatic heterocycles. The summed E-state index contributed by atoms with van der Waals surface area (Å²) in [7, 11) is 0. The third-order valence-corrected chi connectivity index (χ3v) is 3.80. The van der Waals surface area contributed by atoms with E-state index in [4.69, 9.17) is 9.47 Å². The predicted molar refractivity (Wildman–Crippen MR) is 81.5 cm³/mol. The minimum atomic E-state index is -1.60. The Labute approximate surface area is 136 Å². The molecule has 1 rings (SSSR count). The quantitative estimate of drug-likeness (QED) is 0.320. The molecule has 5 N–H and O–H groups in total. The van der Waals surface area contributed by atoms with Gasteiger partial charge in [0.25, 0.3) is 0 Å². The SMILES string of the molecule is CCCCCCCNC(=O)COC[C@H]1O[C@@H](O)[C@H](O)[C@@H](O)[C@@H]1O. The molecule has 0 spiro atoms. The van der Waals surface area contributed by atoms with Gasteiger partial charge in [0.15, 0.2) is 6.29 Å². The zero-order valence-electron chi connectivity index (χ0n) is 13.6. The number of unbranched alkanes of at least 4 members (excludes halogenated alkanes) is 4. The van der Waals surface area contributed by atoms with Crippen molar-refractivity contribution in [1.82, 2.24) is 5.32 Å². The number of carbonyl (C=O) groups is 1. The van der Waals surface area contributed by atoms with E-state index in [0.717, 1.165) is 19.3 Å². The number of hydrogen-bond acceptors (Lipinski definition) is 7. The van der Waals surface area contributed by atoms with Crippen LogP contribution in [0.25, 0.3) is 0 Å². The van der Waals surface area contributed by atoms with Gasteiger partial charge in [-0.1, -0.05) is 32.6 Å². The van der Waals surface area contributed by atoms with Gasteiger partial charge in [-0.15, -0.1) is 0 Å². The van der Waals surface area contributed by atoms with E-state index in [9.17, 15) is 25.2 Å². The Morgan fingerprint density at radius 2 is 1.74 bits per heavy atom. The normalized spacial score (nSPS) is 31.1. The maximum atomic E-state index is 11.6. The minimum absolute atomic E-state index is 0.175. The summed E-state index contributed by atoms with van der Waals surface area (Å²) in [6.07, 6.45) is -1.55. The predicted octanol–water partition coefficient (Wildman–Crippen LogP) is -1.11. The Balaban J connectivity index is 2.12. The largest absolute Gasteiger partial charge is 0.387 e. The summed E-state index contributed by atoms with van der Waals surface area (Å²) in [5.74, 6) is -0.271. The molecule has 5 atom stereocenters. The maximum Gasteiger partial charge on any atom is 0.245 e. The van der Waals surface area contributed by atoms with Crippen LogP contribution in [0, 0.1) is 0 Å². The smallest absolute Gasteiger partial charge is 0.245 e. The third-order valence-electron chi connectivity index (χ3n) is 3.80. The van der Waals surface area contributed by atoms with Crippen LogP contribution in [0.3, 0.4) is 0 Å². The van der Waals surface area contributed by atoms with Crippen LogP contribution >= 0.6 is 0 Å². The number of aliphatic hydroxyl groups excluding tert-OH is 4. The van der Waals surface area contributed by atoms with E-state index in [2.05, 4.69) is 12.2 Å². The van der Waals surface area contributed by atoms with Gasteiger partial charge in [-0.25, -0.2) is 0 Å². The van der Waals surface area contributed by atoms with Gasteiger partial charge in [0.2, 0.25) is 5.91 Å². The standard InChI is InChI=1S/C15H29NO7/c1-2-3-4-5-6-7-16-11(17)9-22-8-10-12(18)13(19)14(20)15(21)23-10/h10,12-15,18-21H,2-9H2,1H3,(H,16,17)/t10-,12-,13+,14-,15-/m1/s1. The van der Waals surface area contributed by atoms with E-state index in [0.29, 0.717) is 6.54 Å². The van der Waals surface area contributed by atoms with Crippen LogP contribution in [-0.4, -0.2) is 76.8 Å². The number of rotatable bonds is 10. The first-order valence-electron chi connectivity index (χ1n) is 8.19. The van der Waals surface area contributed by atoms with Crippen LogP contribution in [-0.2, 0) is 14.3 Å². The van der Waals surface area contributed by atoms with E-state index in [1.54, 1.807) is 0 Å². The molecule has 1 aliphatic rings. The number of amides is 1. The zero-order valence-corrected chi connectivity index (χ0v) is 13.6. The second kappa shape index (κ2) is 10.9. The highest BCUT2D eigenvalue weighted by molar-refractivity contribution is 5.77. The molecular formula is C15H29NO7. The lowest BCUT2D eigenvalue weighted by atomic mass is 9.99. The third kappa shape index (κ3) is 7.11. The van der Waals surface area contributed by atoms with Gasteiger partial charge in [0.1, 0.15) is 31.0 Å². The van der Waals surface area contributed by atoms with E-state index in [1.807, 2.05) is 0 Å². The molecule has 8 heteroatoms. The van der Waals surface area contributed by atoms with Crippen molar-refractivity contribution in [3.8, 4) is 0 Å². The topological polar surface area (TPSA) is 128 Å². The van der Waals surface area contributed by atoms with Crippen LogP contribution in [0.15, 0.2) is 0 Å². The summed E-state index contributed by atoms with van der Waals surface area (Å²) in [6, 6.07) is 0. The molecule has 0 radical (unpaired) electrons. The number of nitrogens with one attached hydrogen (secondary N) is 1. The summed E-state index contributed by atoms with van der Waals surface area (Å²) in [5, 5.41) is 40.7. The Kier molecular flexibility index (Phi) is 9.61. The molecule has 0 aromatic heterocycles. The molecule has 1 saturated heterocycles. The molecule has 0 saturated carbocycles. The Bertz CT molecular complexity index is 342. The summed E-state index contributed by atoms with van der Waals surface area (Å²) < 4.78 is 10.1. The van der Waals surface area contributed by atoms with E-state index in [-0.39, 0.29) is 19.1 Å². The second-order valence-electron chi connectivity index (χ2n) is 5.82. The average Bonchev–Trinajstić information content (AvgIpc) is 2.53. The monoisotopic (exact) mass is 335 g/mol. The molecule has 1 amide bonds. The van der Waals surface area contributed by atoms with Crippen molar-refractivity contribution < 1.29 is 34.7 Å². The first-order chi connectivity index (χ1) is 11.0. The molecule has 1 heterocycles. The van der Waals surface area contributed by atoms with Crippen molar-refractivity contribution in [2.45, 2.75) is 69.7 Å². The van der Waals surface area contributed by atoms with Gasteiger partial charge >= 0.3 is 0 Å². The maximum absolute atomic E-state index is 11.6. The first kappa shape index (κ1) is 20.3. The highest BCUT2D eigenvalue weighted by atomic mass is 16.6. The molecule has 136 valence electrons. The highest BCUT2D eigenvalue weighted by Crippen LogP contribution is 2.19. The van der Waals surface area contributed by atoms with E-state index >= 15 is 0 Å². The number of carbonyl (C=O) groups excluding carboxylic acids is 1. The minimum Gasteiger partial charge on any atom is -0.387 e. The molecule has 0 unspecified atom stereocenters. The van der Waals surface area contributed by atoms with Crippen LogP contribution in [0.5, 0.6) is 0 Å². The van der Waals surface area contributed by atoms with Crippen molar-refractivity contribution in [1.29, 1.82) is 0 Å². The van der Waals surface area contributed by atoms with Crippen LogP contribution < -0.4 is 5.32 Å². The lowest BCUT2D eigenvalue weighted by molar-refractivity contribution is -0.288. The Morgan fingerprint density at radius 1 is 1.04 bits per heavy atom. The molecule has 8 nitrogen and oxygen atoms in total. The van der Waals surface area contributed by atoms with Crippen LogP contribution in [0.1, 0.15) is 39.0 Å². The lowest BCUT2D eigenvalue weighted by Gasteiger charge is -2.38. The zero-order chi connectivity index (χ0) is 17.2. The lowest BCUT2D eigenvalue weighted by Crippen LogP contribution is -2.58. The molecular weight excluding hydrogens is 306 g/mol. The van der Waals surface area contributed by atoms with Gasteiger partial charge in [-0.2, -0.15) is 0 Å². The molecule has 0 bridgehead atoms. The van der Waals surface area contributed by atoms with Gasteiger partial charge in [0, 0.05) is 6.54 Å². The second-order valence-corrected chi connectivity index (χ2v) is 5.82. The fraction of sp³-hybridized carbons (Fsp3) is 0.933. The van der Waals surface area contributed by atoms with Crippen molar-refractivity contribution in [2.75, 3.05) is 19.8 Å². The van der Waals surface area contributed by atoms with Crippen molar-refractivity contribution >= 4 is 5.91 Å². The van der Waals surface area contributed by atoms with Crippen molar-refractivity contribution in [3.05, 3.63) is 0 Å². The highest BCUT2D eigenvalue weighted by Gasteiger charge is 2.42. The summed E-state index contributed by atoms with van der Waals surface area (Å²) in [6.45, 7) is 2.37. The van der Waals surface area contributed by atoms with Crippen molar-refractivity contribution in [3.63, 3.8) is 0 Å². The number of hydrogen-bond donors (Lipinski definition) is 5. The van der Waals surface area contributed by atoms with E-state index in [1.165, 1.54) is 12.8 Å². The fourth-order valence-corrected chi connectivity index (χ4v) is 2.34. The number of ether oxygens (including phenoxy) is 2. The van der Waals surface area contributed by atoms with Gasteiger partial charge in [-0.05, 0) is 6.42 Å². The summed E-state index contributed by atoms with van der Waals surface area (Å²) in [4.78, 5) is 11.6.